The van der Waals surface area contributed by atoms with Gasteiger partial charge in [-0.3, -0.25) is 14.8 Å². The monoisotopic (exact) mass is 320 g/mol. The third-order valence-corrected chi connectivity index (χ3v) is 4.52. The highest BCUT2D eigenvalue weighted by Gasteiger charge is 2.18. The van der Waals surface area contributed by atoms with Crippen molar-refractivity contribution in [1.82, 2.24) is 0 Å². The number of non-ortho nitro benzene ring substituents is 1. The molecule has 0 fully saturated rings. The van der Waals surface area contributed by atoms with E-state index < -0.39 is 14.9 Å². The van der Waals surface area contributed by atoms with E-state index in [1.54, 1.807) is 18.2 Å². The van der Waals surface area contributed by atoms with Crippen LogP contribution in [-0.2, 0) is 10.0 Å². The summed E-state index contributed by atoms with van der Waals surface area (Å²) in [6.45, 7) is 4.02. The van der Waals surface area contributed by atoms with Crippen LogP contribution in [-0.4, -0.2) is 13.3 Å². The third-order valence-electron chi connectivity index (χ3n) is 3.14. The topological polar surface area (TPSA) is 89.3 Å². The molecule has 2 aromatic rings. The third kappa shape index (κ3) is 3.62. The highest BCUT2D eigenvalue weighted by Crippen LogP contribution is 2.23. The van der Waals surface area contributed by atoms with Gasteiger partial charge in [-0.1, -0.05) is 32.0 Å². The van der Waals surface area contributed by atoms with Crippen LogP contribution >= 0.6 is 0 Å². The van der Waals surface area contributed by atoms with Crippen molar-refractivity contribution < 1.29 is 13.3 Å². The zero-order valence-corrected chi connectivity index (χ0v) is 13.0. The van der Waals surface area contributed by atoms with Crippen molar-refractivity contribution in [2.75, 3.05) is 4.72 Å². The van der Waals surface area contributed by atoms with Crippen LogP contribution < -0.4 is 4.72 Å². The minimum Gasteiger partial charge on any atom is -0.280 e. The quantitative estimate of drug-likeness (QED) is 0.674. The fourth-order valence-electron chi connectivity index (χ4n) is 1.94. The lowest BCUT2D eigenvalue weighted by atomic mass is 10.0. The van der Waals surface area contributed by atoms with Crippen molar-refractivity contribution in [3.8, 4) is 0 Å². The zero-order valence-electron chi connectivity index (χ0n) is 12.2. The number of rotatable bonds is 5. The fraction of sp³-hybridized carbons (Fsp3) is 0.200. The number of nitrogens with one attached hydrogen (secondary N) is 1. The Balaban J connectivity index is 2.34. The fourth-order valence-corrected chi connectivity index (χ4v) is 3.03. The van der Waals surface area contributed by atoms with Crippen molar-refractivity contribution in [3.05, 3.63) is 64.2 Å². The largest absolute Gasteiger partial charge is 0.280 e. The minimum atomic E-state index is -3.87. The van der Waals surface area contributed by atoms with E-state index in [-0.39, 0.29) is 16.5 Å². The summed E-state index contributed by atoms with van der Waals surface area (Å²) < 4.78 is 27.1. The molecule has 2 rings (SSSR count). The molecule has 0 aliphatic carbocycles. The molecule has 0 amide bonds. The van der Waals surface area contributed by atoms with Gasteiger partial charge in [0.1, 0.15) is 0 Å². The standard InChI is InChI=1S/C15H16N2O4S/c1-11(2)12-5-3-6-13(9-12)16-22(20,21)15-8-4-7-14(10-15)17(18)19/h3-11,16H,1-2H3. The molecule has 0 spiro atoms. The normalized spacial score (nSPS) is 11.4. The number of nitrogens with zero attached hydrogens (tertiary/aromatic N) is 1. The molecule has 2 aromatic carbocycles. The van der Waals surface area contributed by atoms with Crippen LogP contribution in [0.4, 0.5) is 11.4 Å². The van der Waals surface area contributed by atoms with Crippen LogP contribution in [0, 0.1) is 10.1 Å². The van der Waals surface area contributed by atoms with E-state index in [0.29, 0.717) is 5.69 Å². The molecule has 0 aromatic heterocycles. The molecule has 0 saturated carbocycles. The number of hydrogen-bond acceptors (Lipinski definition) is 4. The summed E-state index contributed by atoms with van der Waals surface area (Å²) in [6.07, 6.45) is 0. The van der Waals surface area contributed by atoms with Crippen LogP contribution in [0.25, 0.3) is 0 Å². The molecule has 116 valence electrons. The Bertz CT molecular complexity index is 801. The Morgan fingerprint density at radius 2 is 1.77 bits per heavy atom. The highest BCUT2D eigenvalue weighted by atomic mass is 32.2. The first-order valence-corrected chi connectivity index (χ1v) is 8.15. The Morgan fingerprint density at radius 3 is 2.41 bits per heavy atom. The summed E-state index contributed by atoms with van der Waals surface area (Å²) in [5.74, 6) is 0.266. The van der Waals surface area contributed by atoms with E-state index in [1.807, 2.05) is 19.9 Å². The average molecular weight is 320 g/mol. The van der Waals surface area contributed by atoms with E-state index in [1.165, 1.54) is 18.2 Å². The molecule has 0 aliphatic rings. The van der Waals surface area contributed by atoms with Crippen LogP contribution in [0.1, 0.15) is 25.3 Å². The first-order chi connectivity index (χ1) is 10.3. The second-order valence-electron chi connectivity index (χ2n) is 5.14. The summed E-state index contributed by atoms with van der Waals surface area (Å²) in [6, 6.07) is 12.0. The van der Waals surface area contributed by atoms with E-state index in [9.17, 15) is 18.5 Å². The molecule has 0 unspecified atom stereocenters. The average Bonchev–Trinajstić information content (AvgIpc) is 2.47. The minimum absolute atomic E-state index is 0.142. The lowest BCUT2D eigenvalue weighted by Gasteiger charge is -2.11. The van der Waals surface area contributed by atoms with Gasteiger partial charge >= 0.3 is 0 Å². The molecular weight excluding hydrogens is 304 g/mol. The number of nitro benzene ring substituents is 1. The van der Waals surface area contributed by atoms with Crippen molar-refractivity contribution in [1.29, 1.82) is 0 Å². The maximum absolute atomic E-state index is 12.3. The van der Waals surface area contributed by atoms with Gasteiger partial charge in [0.15, 0.2) is 0 Å². The van der Waals surface area contributed by atoms with Gasteiger partial charge < -0.3 is 0 Å². The molecule has 0 bridgehead atoms. The predicted octanol–water partition coefficient (Wildman–Crippen LogP) is 3.52. The number of benzene rings is 2. The van der Waals surface area contributed by atoms with Crippen LogP contribution in [0.2, 0.25) is 0 Å². The SMILES string of the molecule is CC(C)c1cccc(NS(=O)(=O)c2cccc([N+](=O)[O-])c2)c1. The number of nitro groups is 1. The molecule has 1 N–H and O–H groups in total. The lowest BCUT2D eigenvalue weighted by Crippen LogP contribution is -2.13. The first-order valence-electron chi connectivity index (χ1n) is 6.67. The number of anilines is 1. The van der Waals surface area contributed by atoms with Gasteiger partial charge in [0, 0.05) is 17.8 Å². The van der Waals surface area contributed by atoms with E-state index in [0.717, 1.165) is 11.6 Å². The van der Waals surface area contributed by atoms with Gasteiger partial charge in [0.25, 0.3) is 15.7 Å². The van der Waals surface area contributed by atoms with Gasteiger partial charge in [0.05, 0.1) is 9.82 Å². The van der Waals surface area contributed by atoms with Crippen LogP contribution in [0.15, 0.2) is 53.4 Å². The van der Waals surface area contributed by atoms with Crippen molar-refractivity contribution in [2.45, 2.75) is 24.7 Å². The molecular formula is C15H16N2O4S. The summed E-state index contributed by atoms with van der Waals surface area (Å²) in [4.78, 5) is 9.98. The van der Waals surface area contributed by atoms with E-state index in [4.69, 9.17) is 0 Å². The van der Waals surface area contributed by atoms with Gasteiger partial charge in [-0.05, 0) is 29.7 Å². The van der Waals surface area contributed by atoms with Crippen molar-refractivity contribution in [3.63, 3.8) is 0 Å². The molecule has 0 radical (unpaired) electrons. The lowest BCUT2D eigenvalue weighted by molar-refractivity contribution is -0.385. The van der Waals surface area contributed by atoms with E-state index in [2.05, 4.69) is 4.72 Å². The maximum atomic E-state index is 12.3. The van der Waals surface area contributed by atoms with E-state index >= 15 is 0 Å². The first kappa shape index (κ1) is 16.0. The summed E-state index contributed by atoms with van der Waals surface area (Å²) in [7, 11) is -3.87. The Labute approximate surface area is 129 Å². The zero-order chi connectivity index (χ0) is 16.3. The molecule has 7 heteroatoms. The number of hydrogen-bond donors (Lipinski definition) is 1. The Morgan fingerprint density at radius 1 is 1.09 bits per heavy atom. The summed E-state index contributed by atoms with van der Waals surface area (Å²) in [5.41, 5.74) is 1.16. The second-order valence-corrected chi connectivity index (χ2v) is 6.82. The summed E-state index contributed by atoms with van der Waals surface area (Å²) in [5, 5.41) is 10.7. The summed E-state index contributed by atoms with van der Waals surface area (Å²) >= 11 is 0. The van der Waals surface area contributed by atoms with Crippen molar-refractivity contribution in [2.24, 2.45) is 0 Å². The molecule has 0 atom stereocenters. The van der Waals surface area contributed by atoms with Gasteiger partial charge in [-0.2, -0.15) is 0 Å². The molecule has 0 saturated heterocycles. The second kappa shape index (κ2) is 6.15. The number of sulfonamides is 1. The Kier molecular flexibility index (Phi) is 4.46. The maximum Gasteiger partial charge on any atom is 0.270 e. The highest BCUT2D eigenvalue weighted by molar-refractivity contribution is 7.92. The van der Waals surface area contributed by atoms with Crippen LogP contribution in [0.3, 0.4) is 0 Å². The molecule has 6 nitrogen and oxygen atoms in total. The Hall–Kier alpha value is -2.41. The molecule has 0 heterocycles. The smallest absolute Gasteiger partial charge is 0.270 e. The molecule has 0 aliphatic heterocycles. The van der Waals surface area contributed by atoms with Crippen molar-refractivity contribution >= 4 is 21.4 Å². The molecule has 22 heavy (non-hydrogen) atoms. The van der Waals surface area contributed by atoms with Gasteiger partial charge in [0.2, 0.25) is 0 Å². The van der Waals surface area contributed by atoms with Gasteiger partial charge in [-0.25, -0.2) is 8.42 Å². The predicted molar refractivity (Wildman–Crippen MR) is 84.4 cm³/mol. The van der Waals surface area contributed by atoms with Gasteiger partial charge in [-0.15, -0.1) is 0 Å². The van der Waals surface area contributed by atoms with Crippen LogP contribution in [0.5, 0.6) is 0 Å².